The number of hydrogen-bond donors (Lipinski definition) is 1. The Labute approximate surface area is 148 Å². The molecule has 1 heterocycles. The van der Waals surface area contributed by atoms with E-state index in [4.69, 9.17) is 0 Å². The number of para-hydroxylation sites is 1. The van der Waals surface area contributed by atoms with Crippen LogP contribution < -0.4 is 19.5 Å². The molecule has 2 aromatic rings. The van der Waals surface area contributed by atoms with Crippen molar-refractivity contribution in [2.24, 2.45) is 0 Å². The summed E-state index contributed by atoms with van der Waals surface area (Å²) in [5.74, 6) is 0.513. The number of aromatic nitrogens is 1. The number of anilines is 2. The molecule has 0 aliphatic heterocycles. The van der Waals surface area contributed by atoms with Crippen LogP contribution in [-0.2, 0) is 14.8 Å². The number of nitrogens with zero attached hydrogens (tertiary/aromatic N) is 2. The van der Waals surface area contributed by atoms with Gasteiger partial charge in [0.25, 0.3) is 21.7 Å². The van der Waals surface area contributed by atoms with Gasteiger partial charge in [-0.1, -0.05) is 18.2 Å². The number of hydrogen-bond acceptors (Lipinski definition) is 4. The minimum Gasteiger partial charge on any atom is -0.356 e. The van der Waals surface area contributed by atoms with Gasteiger partial charge in [0, 0.05) is 19.7 Å². The van der Waals surface area contributed by atoms with Gasteiger partial charge >= 0.3 is 0 Å². The van der Waals surface area contributed by atoms with Crippen LogP contribution in [0.4, 0.5) is 11.5 Å². The topological polar surface area (TPSA) is 83.9 Å². The van der Waals surface area contributed by atoms with Gasteiger partial charge in [0.1, 0.15) is 11.1 Å². The highest BCUT2D eigenvalue weighted by molar-refractivity contribution is 7.92. The molecular weight excluding hydrogens is 340 g/mol. The van der Waals surface area contributed by atoms with Crippen LogP contribution >= 0.6 is 0 Å². The first-order chi connectivity index (χ1) is 11.9. The number of benzene rings is 1. The smallest absolute Gasteiger partial charge is 0.274 e. The molecule has 1 aromatic heterocycles. The average molecular weight is 363 g/mol. The van der Waals surface area contributed by atoms with Crippen molar-refractivity contribution < 1.29 is 18.2 Å². The van der Waals surface area contributed by atoms with Crippen molar-refractivity contribution in [3.8, 4) is 0 Å². The van der Waals surface area contributed by atoms with Crippen LogP contribution in [0.1, 0.15) is 6.92 Å². The van der Waals surface area contributed by atoms with Crippen LogP contribution in [-0.4, -0.2) is 41.5 Å². The van der Waals surface area contributed by atoms with Gasteiger partial charge < -0.3 is 5.32 Å². The number of rotatable bonds is 7. The van der Waals surface area contributed by atoms with Gasteiger partial charge in [-0.3, -0.25) is 14.0 Å². The molecule has 2 rings (SSSR count). The number of H-pyrrole nitrogens is 1. The molecule has 2 N–H and O–H groups in total. The maximum atomic E-state index is 12.9. The molecule has 0 unspecified atom stereocenters. The summed E-state index contributed by atoms with van der Waals surface area (Å²) in [6.45, 7) is 2.29. The Kier molecular flexibility index (Phi) is 5.97. The normalized spacial score (nSPS) is 11.0. The van der Waals surface area contributed by atoms with E-state index in [9.17, 15) is 13.2 Å². The molecule has 25 heavy (non-hydrogen) atoms. The summed E-state index contributed by atoms with van der Waals surface area (Å²) in [5, 5.41) is 2.54. The van der Waals surface area contributed by atoms with E-state index in [-0.39, 0.29) is 17.3 Å². The number of carbonyl (C=O) groups is 1. The highest BCUT2D eigenvalue weighted by Gasteiger charge is 2.25. The van der Waals surface area contributed by atoms with Crippen molar-refractivity contribution in [3.05, 3.63) is 48.7 Å². The van der Waals surface area contributed by atoms with Crippen molar-refractivity contribution in [2.75, 3.05) is 36.4 Å². The van der Waals surface area contributed by atoms with Gasteiger partial charge in [-0.2, -0.15) is 0 Å². The van der Waals surface area contributed by atoms with E-state index in [0.717, 1.165) is 0 Å². The van der Waals surface area contributed by atoms with Crippen LogP contribution in [0.3, 0.4) is 0 Å². The van der Waals surface area contributed by atoms with Gasteiger partial charge in [-0.05, 0) is 25.1 Å². The minimum absolute atomic E-state index is 0.131. The first kappa shape index (κ1) is 18.7. The lowest BCUT2D eigenvalue weighted by atomic mass is 10.3. The fourth-order valence-electron chi connectivity index (χ4n) is 2.39. The highest BCUT2D eigenvalue weighted by Crippen LogP contribution is 2.22. The maximum Gasteiger partial charge on any atom is 0.274 e. The molecule has 134 valence electrons. The summed E-state index contributed by atoms with van der Waals surface area (Å²) in [4.78, 5) is 16.2. The van der Waals surface area contributed by atoms with E-state index in [2.05, 4.69) is 10.3 Å². The third-order valence-electron chi connectivity index (χ3n) is 3.76. The Morgan fingerprint density at radius 1 is 1.16 bits per heavy atom. The van der Waals surface area contributed by atoms with Gasteiger partial charge in [0.15, 0.2) is 6.54 Å². The Bertz CT molecular complexity index is 808. The molecule has 7 nitrogen and oxygen atoms in total. The first-order valence-corrected chi connectivity index (χ1v) is 9.35. The second kappa shape index (κ2) is 7.98. The number of carbonyl (C=O) groups excluding carboxylic acids is 1. The molecule has 0 radical (unpaired) electrons. The van der Waals surface area contributed by atoms with Crippen LogP contribution in [0.2, 0.25) is 0 Å². The van der Waals surface area contributed by atoms with Crippen LogP contribution in [0.25, 0.3) is 0 Å². The zero-order valence-electron chi connectivity index (χ0n) is 14.6. The molecule has 0 atom stereocenters. The van der Waals surface area contributed by atoms with E-state index in [1.807, 2.05) is 6.07 Å². The number of likely N-dealkylation sites (N-methyl/N-ethyl adjacent to an activating group) is 2. The molecule has 0 bridgehead atoms. The summed E-state index contributed by atoms with van der Waals surface area (Å²) < 4.78 is 27.1. The van der Waals surface area contributed by atoms with Crippen molar-refractivity contribution in [1.29, 1.82) is 0 Å². The molecule has 0 saturated heterocycles. The molecule has 0 spiro atoms. The summed E-state index contributed by atoms with van der Waals surface area (Å²) >= 11 is 0. The van der Waals surface area contributed by atoms with Gasteiger partial charge in [0.2, 0.25) is 0 Å². The Morgan fingerprint density at radius 2 is 1.84 bits per heavy atom. The zero-order valence-corrected chi connectivity index (χ0v) is 15.4. The zero-order chi connectivity index (χ0) is 18.4. The Hall–Kier alpha value is -2.61. The standard InChI is InChI=1S/C17H22N4O3S/c1-4-21(14-8-6-5-7-9-14)25(23,24)15-10-11-16(19-12-15)20(3)13-17(22)18-2/h5-12H,4,13H2,1-3H3,(H,18,22)/p+1. The number of nitrogens with one attached hydrogen (secondary N) is 2. The Balaban J connectivity index is 2.26. The minimum atomic E-state index is -3.67. The second-order valence-corrected chi connectivity index (χ2v) is 7.31. The highest BCUT2D eigenvalue weighted by atomic mass is 32.2. The first-order valence-electron chi connectivity index (χ1n) is 7.91. The largest absolute Gasteiger partial charge is 0.356 e. The van der Waals surface area contributed by atoms with Crippen LogP contribution in [0, 0.1) is 0 Å². The molecule has 0 aliphatic carbocycles. The van der Waals surface area contributed by atoms with E-state index in [1.165, 1.54) is 16.6 Å². The third-order valence-corrected chi connectivity index (χ3v) is 5.66. The summed E-state index contributed by atoms with van der Waals surface area (Å²) in [7, 11) is -0.355. The van der Waals surface area contributed by atoms with E-state index in [1.54, 1.807) is 56.3 Å². The molecular formula is C17H23N4O3S+. The summed E-state index contributed by atoms with van der Waals surface area (Å²) in [6.07, 6.45) is 1.44. The quantitative estimate of drug-likeness (QED) is 0.792. The molecule has 1 amide bonds. The van der Waals surface area contributed by atoms with Crippen molar-refractivity contribution >= 4 is 27.4 Å². The molecule has 8 heteroatoms. The van der Waals surface area contributed by atoms with E-state index in [0.29, 0.717) is 18.1 Å². The van der Waals surface area contributed by atoms with Crippen LogP contribution in [0.5, 0.6) is 0 Å². The van der Waals surface area contributed by atoms with Gasteiger partial charge in [-0.15, -0.1) is 0 Å². The number of amides is 1. The number of sulfonamides is 1. The average Bonchev–Trinajstić information content (AvgIpc) is 2.63. The van der Waals surface area contributed by atoms with E-state index < -0.39 is 10.0 Å². The monoisotopic (exact) mass is 363 g/mol. The lowest BCUT2D eigenvalue weighted by Gasteiger charge is -2.22. The maximum absolute atomic E-state index is 12.9. The predicted octanol–water partition coefficient (Wildman–Crippen LogP) is 0.898. The second-order valence-electron chi connectivity index (χ2n) is 5.44. The molecule has 1 aromatic carbocycles. The van der Waals surface area contributed by atoms with E-state index >= 15 is 0 Å². The fraction of sp³-hybridized carbons (Fsp3) is 0.294. The van der Waals surface area contributed by atoms with Crippen molar-refractivity contribution in [1.82, 2.24) is 5.32 Å². The lowest BCUT2D eigenvalue weighted by Crippen LogP contribution is -2.36. The van der Waals surface area contributed by atoms with Gasteiger partial charge in [-0.25, -0.2) is 13.4 Å². The number of pyridine rings is 1. The van der Waals surface area contributed by atoms with Crippen molar-refractivity contribution in [2.45, 2.75) is 11.8 Å². The summed E-state index contributed by atoms with van der Waals surface area (Å²) in [5.41, 5.74) is 0.616. The number of aromatic amines is 1. The fourth-order valence-corrected chi connectivity index (χ4v) is 3.83. The SMILES string of the molecule is CCN(c1ccccc1)S(=O)(=O)c1ccc(N(C)CC(=O)NC)[nH+]c1. The predicted molar refractivity (Wildman–Crippen MR) is 97.0 cm³/mol. The van der Waals surface area contributed by atoms with Crippen LogP contribution in [0.15, 0.2) is 53.6 Å². The molecule has 0 aliphatic rings. The lowest BCUT2D eigenvalue weighted by molar-refractivity contribution is -0.366. The summed E-state index contributed by atoms with van der Waals surface area (Å²) in [6, 6.07) is 12.1. The van der Waals surface area contributed by atoms with Gasteiger partial charge in [0.05, 0.1) is 12.7 Å². The molecule has 0 saturated carbocycles. The Morgan fingerprint density at radius 3 is 2.36 bits per heavy atom. The third kappa shape index (κ3) is 4.27. The van der Waals surface area contributed by atoms with Crippen molar-refractivity contribution in [3.63, 3.8) is 0 Å². The molecule has 0 fully saturated rings.